The van der Waals surface area contributed by atoms with Crippen LogP contribution in [0.2, 0.25) is 0 Å². The highest BCUT2D eigenvalue weighted by atomic mass is 16.6. The number of nitrogens with two attached hydrogens (primary N) is 1. The van der Waals surface area contributed by atoms with Gasteiger partial charge in [0.1, 0.15) is 12.4 Å². The molecule has 1 rings (SSSR count). The minimum Gasteiger partial charge on any atom is -0.457 e. The molecule has 0 atom stereocenters. The molecule has 0 saturated heterocycles. The maximum atomic E-state index is 11.4. The number of carbonyl (C=O) groups is 1. The van der Waals surface area contributed by atoms with Crippen molar-refractivity contribution in [3.05, 3.63) is 23.7 Å². The van der Waals surface area contributed by atoms with E-state index in [1.54, 1.807) is 12.1 Å². The van der Waals surface area contributed by atoms with Crippen LogP contribution in [0.1, 0.15) is 29.7 Å². The van der Waals surface area contributed by atoms with Crippen LogP contribution in [0.25, 0.3) is 0 Å². The SMILES string of the molecule is CCCOCCOC(=O)c1ccc(CN)o1. The van der Waals surface area contributed by atoms with E-state index < -0.39 is 5.97 Å². The third-order valence-corrected chi connectivity index (χ3v) is 1.87. The minimum atomic E-state index is -0.486. The van der Waals surface area contributed by atoms with E-state index in [-0.39, 0.29) is 18.9 Å². The van der Waals surface area contributed by atoms with Gasteiger partial charge in [-0.25, -0.2) is 4.79 Å². The molecular weight excluding hydrogens is 210 g/mol. The molecule has 1 aromatic rings. The second kappa shape index (κ2) is 7.03. The maximum absolute atomic E-state index is 11.4. The van der Waals surface area contributed by atoms with Crippen molar-refractivity contribution in [2.24, 2.45) is 5.73 Å². The molecule has 1 aromatic heterocycles. The molecule has 0 aliphatic rings. The Bertz CT molecular complexity index is 322. The van der Waals surface area contributed by atoms with Crippen LogP contribution in [0, 0.1) is 0 Å². The van der Waals surface area contributed by atoms with E-state index >= 15 is 0 Å². The third-order valence-electron chi connectivity index (χ3n) is 1.87. The predicted molar refractivity (Wildman–Crippen MR) is 58.0 cm³/mol. The average molecular weight is 227 g/mol. The molecule has 0 aliphatic carbocycles. The van der Waals surface area contributed by atoms with Crippen molar-refractivity contribution >= 4 is 5.97 Å². The fourth-order valence-corrected chi connectivity index (χ4v) is 1.11. The smallest absolute Gasteiger partial charge is 0.374 e. The Balaban J connectivity index is 2.24. The van der Waals surface area contributed by atoms with Gasteiger partial charge in [0, 0.05) is 6.61 Å². The van der Waals surface area contributed by atoms with Crippen molar-refractivity contribution in [3.8, 4) is 0 Å². The first-order chi connectivity index (χ1) is 7.77. The summed E-state index contributed by atoms with van der Waals surface area (Å²) in [6, 6.07) is 3.21. The van der Waals surface area contributed by atoms with Crippen LogP contribution in [-0.2, 0) is 16.0 Å². The second-order valence-electron chi connectivity index (χ2n) is 3.22. The third kappa shape index (κ3) is 4.04. The van der Waals surface area contributed by atoms with Crippen molar-refractivity contribution in [3.63, 3.8) is 0 Å². The predicted octanol–water partition coefficient (Wildman–Crippen LogP) is 1.32. The van der Waals surface area contributed by atoms with E-state index in [2.05, 4.69) is 0 Å². The van der Waals surface area contributed by atoms with Crippen molar-refractivity contribution in [1.82, 2.24) is 0 Å². The first-order valence-electron chi connectivity index (χ1n) is 5.31. The van der Waals surface area contributed by atoms with Crippen LogP contribution in [-0.4, -0.2) is 25.8 Å². The number of rotatable bonds is 7. The molecule has 0 saturated carbocycles. The maximum Gasteiger partial charge on any atom is 0.374 e. The van der Waals surface area contributed by atoms with Crippen LogP contribution in [0.15, 0.2) is 16.5 Å². The van der Waals surface area contributed by atoms with E-state index in [4.69, 9.17) is 19.6 Å². The Kier molecular flexibility index (Phi) is 5.60. The second-order valence-corrected chi connectivity index (χ2v) is 3.22. The van der Waals surface area contributed by atoms with Gasteiger partial charge in [0.05, 0.1) is 13.2 Å². The van der Waals surface area contributed by atoms with E-state index in [9.17, 15) is 4.79 Å². The van der Waals surface area contributed by atoms with E-state index in [1.165, 1.54) is 0 Å². The molecule has 0 fully saturated rings. The van der Waals surface area contributed by atoms with E-state index in [1.807, 2.05) is 6.92 Å². The lowest BCUT2D eigenvalue weighted by molar-refractivity contribution is 0.0287. The highest BCUT2D eigenvalue weighted by Gasteiger charge is 2.11. The summed E-state index contributed by atoms with van der Waals surface area (Å²) in [5.74, 6) is 0.255. The van der Waals surface area contributed by atoms with Crippen LogP contribution < -0.4 is 5.73 Å². The Labute approximate surface area is 94.5 Å². The first-order valence-corrected chi connectivity index (χ1v) is 5.31. The zero-order valence-electron chi connectivity index (χ0n) is 9.40. The van der Waals surface area contributed by atoms with Crippen molar-refractivity contribution in [1.29, 1.82) is 0 Å². The average Bonchev–Trinajstić information content (AvgIpc) is 2.77. The number of hydrogen-bond donors (Lipinski definition) is 1. The van der Waals surface area contributed by atoms with Crippen LogP contribution in [0.5, 0.6) is 0 Å². The van der Waals surface area contributed by atoms with Gasteiger partial charge in [0.2, 0.25) is 5.76 Å². The number of furan rings is 1. The highest BCUT2D eigenvalue weighted by Crippen LogP contribution is 2.08. The topological polar surface area (TPSA) is 74.7 Å². The normalized spacial score (nSPS) is 10.4. The number of ether oxygens (including phenoxy) is 2. The molecule has 1 heterocycles. The summed E-state index contributed by atoms with van der Waals surface area (Å²) in [6.45, 7) is 3.60. The standard InChI is InChI=1S/C11H17NO4/c1-2-5-14-6-7-15-11(13)10-4-3-9(8-12)16-10/h3-4H,2,5-8,12H2,1H3. The Morgan fingerprint density at radius 1 is 1.38 bits per heavy atom. The van der Waals surface area contributed by atoms with Crippen molar-refractivity contribution in [2.75, 3.05) is 19.8 Å². The zero-order valence-corrected chi connectivity index (χ0v) is 9.40. The zero-order chi connectivity index (χ0) is 11.8. The summed E-state index contributed by atoms with van der Waals surface area (Å²) in [6.07, 6.45) is 0.950. The van der Waals surface area contributed by atoms with Crippen LogP contribution in [0.3, 0.4) is 0 Å². The van der Waals surface area contributed by atoms with Gasteiger partial charge in [-0.15, -0.1) is 0 Å². The molecule has 90 valence electrons. The van der Waals surface area contributed by atoms with Gasteiger partial charge in [-0.3, -0.25) is 0 Å². The fraction of sp³-hybridized carbons (Fsp3) is 0.545. The summed E-state index contributed by atoms with van der Waals surface area (Å²) in [4.78, 5) is 11.4. The highest BCUT2D eigenvalue weighted by molar-refractivity contribution is 5.86. The monoisotopic (exact) mass is 227 g/mol. The summed E-state index contributed by atoms with van der Waals surface area (Å²) in [5, 5.41) is 0. The molecule has 0 bridgehead atoms. The Morgan fingerprint density at radius 2 is 2.19 bits per heavy atom. The quantitative estimate of drug-likeness (QED) is 0.561. The molecule has 0 unspecified atom stereocenters. The minimum absolute atomic E-state index is 0.177. The molecule has 0 spiro atoms. The van der Waals surface area contributed by atoms with E-state index in [0.717, 1.165) is 6.42 Å². The molecule has 0 amide bonds. The van der Waals surface area contributed by atoms with Crippen molar-refractivity contribution in [2.45, 2.75) is 19.9 Å². The van der Waals surface area contributed by atoms with E-state index in [0.29, 0.717) is 19.0 Å². The Hall–Kier alpha value is -1.33. The lowest BCUT2D eigenvalue weighted by atomic mass is 10.4. The number of carbonyl (C=O) groups excluding carboxylic acids is 1. The van der Waals surface area contributed by atoms with Crippen molar-refractivity contribution < 1.29 is 18.7 Å². The molecule has 5 nitrogen and oxygen atoms in total. The molecule has 2 N–H and O–H groups in total. The summed E-state index contributed by atoms with van der Waals surface area (Å²) in [7, 11) is 0. The molecular formula is C11H17NO4. The van der Waals surface area contributed by atoms with Gasteiger partial charge >= 0.3 is 5.97 Å². The summed E-state index contributed by atoms with van der Waals surface area (Å²) in [5.41, 5.74) is 5.35. The number of esters is 1. The largest absolute Gasteiger partial charge is 0.457 e. The lowest BCUT2D eigenvalue weighted by Crippen LogP contribution is -2.10. The molecule has 5 heteroatoms. The van der Waals surface area contributed by atoms with Gasteiger partial charge in [-0.05, 0) is 18.6 Å². The van der Waals surface area contributed by atoms with Gasteiger partial charge in [-0.1, -0.05) is 6.92 Å². The first kappa shape index (κ1) is 12.7. The fourth-order valence-electron chi connectivity index (χ4n) is 1.11. The molecule has 0 aromatic carbocycles. The Morgan fingerprint density at radius 3 is 2.81 bits per heavy atom. The van der Waals surface area contributed by atoms with Crippen LogP contribution in [0.4, 0.5) is 0 Å². The van der Waals surface area contributed by atoms with Crippen LogP contribution >= 0.6 is 0 Å². The molecule has 0 radical (unpaired) electrons. The summed E-state index contributed by atoms with van der Waals surface area (Å²) >= 11 is 0. The number of hydrogen-bond acceptors (Lipinski definition) is 5. The van der Waals surface area contributed by atoms with Gasteiger partial charge < -0.3 is 19.6 Å². The molecule has 0 aliphatic heterocycles. The van der Waals surface area contributed by atoms with Gasteiger partial charge in [-0.2, -0.15) is 0 Å². The molecule has 16 heavy (non-hydrogen) atoms. The van der Waals surface area contributed by atoms with Gasteiger partial charge in [0.25, 0.3) is 0 Å². The van der Waals surface area contributed by atoms with Gasteiger partial charge in [0.15, 0.2) is 0 Å². The summed E-state index contributed by atoms with van der Waals surface area (Å²) < 4.78 is 15.2. The lowest BCUT2D eigenvalue weighted by Gasteiger charge is -2.03.